The molecule has 0 bridgehead atoms. The molecule has 8 heterocycles. The van der Waals surface area contributed by atoms with Crippen molar-refractivity contribution in [3.8, 4) is 5.75 Å². The van der Waals surface area contributed by atoms with Crippen molar-refractivity contribution in [2.45, 2.75) is 228 Å². The first-order valence-electron chi connectivity index (χ1n) is 28.3. The molecule has 0 aromatic heterocycles. The molecule has 39 heteroatoms. The number of rotatable bonds is 21. The second-order valence-corrected chi connectivity index (χ2v) is 22.2. The zero-order chi connectivity index (χ0) is 64.6. The lowest BCUT2D eigenvalue weighted by Gasteiger charge is -2.50. The third-order valence-electron chi connectivity index (χ3n) is 16.5. The molecule has 39 nitrogen and oxygen atoms in total. The molecule has 0 aliphatic carbocycles. The number of nitro groups is 1. The fourth-order valence-corrected chi connectivity index (χ4v) is 11.5. The Morgan fingerprint density at radius 3 is 0.921 bits per heavy atom. The van der Waals surface area contributed by atoms with E-state index < -0.39 is 266 Å². The lowest BCUT2D eigenvalue weighted by molar-refractivity contribution is -0.400. The summed E-state index contributed by atoms with van der Waals surface area (Å²) in [4.78, 5) is 10.4. The van der Waals surface area contributed by atoms with E-state index >= 15 is 0 Å². The van der Waals surface area contributed by atoms with Crippen molar-refractivity contribution in [2.75, 3.05) is 46.2 Å². The lowest BCUT2D eigenvalue weighted by Crippen LogP contribution is -2.68. The SMILES string of the molecule is CC1OCC2O[C@H](O[C@@H]3C(CO)O[C@H](O[C@@H]4C(CO)O[C@H](O[C@@H]5C(CO)O[C@H](O[C@@H]6C(CO)O[C@H](O[C@@H]7C(CO)O[C@H](O[C@@H]8C(CO)O[C@H](Oc9ccc([N+](=O)[O-])cc9)C(O)[C@H]8O)C(O)[C@H]7O)C(O)[C@H]6O)C(O)[C@H]5O)C(O)[C@H]4O)C(O)[C@H]3O)C(O)[C@@H](O)[C@@H]2O1. The second-order valence-electron chi connectivity index (χ2n) is 22.2. The van der Waals surface area contributed by atoms with Crippen molar-refractivity contribution in [1.29, 1.82) is 0 Å². The summed E-state index contributed by atoms with van der Waals surface area (Å²) in [5.74, 6) is -0.0413. The molecule has 8 fully saturated rings. The quantitative estimate of drug-likeness (QED) is 0.0401. The maximum absolute atomic E-state index is 11.4. The number of hydrogen-bond donors (Lipinski definition) is 20. The molecule has 36 atom stereocenters. The fourth-order valence-electron chi connectivity index (χ4n) is 11.5. The molecule has 0 amide bonds. The van der Waals surface area contributed by atoms with Crippen LogP contribution in [0.1, 0.15) is 6.92 Å². The van der Waals surface area contributed by atoms with Crippen LogP contribution in [-0.4, -0.2) is 375 Å². The summed E-state index contributed by atoms with van der Waals surface area (Å²) >= 11 is 0. The summed E-state index contributed by atoms with van der Waals surface area (Å²) in [5, 5.41) is 229. The van der Waals surface area contributed by atoms with Gasteiger partial charge in [-0.2, -0.15) is 0 Å². The molecule has 0 radical (unpaired) electrons. The number of ether oxygens (including phenoxy) is 16. The first kappa shape index (κ1) is 70.3. The first-order valence-corrected chi connectivity index (χ1v) is 28.3. The largest absolute Gasteiger partial charge is 0.462 e. The van der Waals surface area contributed by atoms with Gasteiger partial charge < -0.3 is 178 Å². The predicted octanol–water partition coefficient (Wildman–Crippen LogP) is -12.9. The van der Waals surface area contributed by atoms with Crippen LogP contribution < -0.4 is 4.74 Å². The summed E-state index contributed by atoms with van der Waals surface area (Å²) in [5.41, 5.74) is -0.286. The number of aliphatic hydroxyl groups excluding tert-OH is 20. The highest BCUT2D eigenvalue weighted by Crippen LogP contribution is 2.39. The van der Waals surface area contributed by atoms with E-state index in [0.717, 1.165) is 12.1 Å². The average molecular weight is 1300 g/mol. The van der Waals surface area contributed by atoms with Gasteiger partial charge in [-0.15, -0.1) is 0 Å². The molecule has 8 aliphatic heterocycles. The maximum atomic E-state index is 11.4. The third-order valence-corrected chi connectivity index (χ3v) is 16.5. The number of benzene rings is 1. The minimum absolute atomic E-state index is 0.0413. The Morgan fingerprint density at radius 2 is 0.640 bits per heavy atom. The molecule has 1 aromatic carbocycles. The Kier molecular flexibility index (Phi) is 23.9. The van der Waals surface area contributed by atoms with Crippen LogP contribution in [0, 0.1) is 10.1 Å². The summed E-state index contributed by atoms with van der Waals surface area (Å²) in [7, 11) is 0. The summed E-state index contributed by atoms with van der Waals surface area (Å²) in [6.45, 7) is -4.55. The average Bonchev–Trinajstić information content (AvgIpc) is 1.05. The minimum Gasteiger partial charge on any atom is -0.462 e. The topological polar surface area (TPSA) is 595 Å². The Balaban J connectivity index is 0.776. The van der Waals surface area contributed by atoms with Crippen LogP contribution in [0.3, 0.4) is 0 Å². The Bertz CT molecular complexity index is 2360. The van der Waals surface area contributed by atoms with Gasteiger partial charge in [-0.25, -0.2) is 0 Å². The van der Waals surface area contributed by atoms with E-state index in [4.69, 9.17) is 75.8 Å². The normalized spacial score (nSPS) is 49.8. The first-order chi connectivity index (χ1) is 42.4. The Morgan fingerprint density at radius 1 is 0.382 bits per heavy atom. The van der Waals surface area contributed by atoms with Crippen molar-refractivity contribution in [1.82, 2.24) is 0 Å². The smallest absolute Gasteiger partial charge is 0.269 e. The number of nitrogens with zero attached hydrogens (tertiary/aromatic N) is 1. The minimum atomic E-state index is -2.24. The van der Waals surface area contributed by atoms with Gasteiger partial charge in [0, 0.05) is 12.1 Å². The molecule has 89 heavy (non-hydrogen) atoms. The van der Waals surface area contributed by atoms with E-state index in [9.17, 15) is 112 Å². The molecule has 0 saturated carbocycles. The fraction of sp³-hybridized carbons (Fsp3) is 0.880. The molecular formula is C50H77NO38. The molecule has 1 aromatic rings. The van der Waals surface area contributed by atoms with Gasteiger partial charge in [0.25, 0.3) is 5.69 Å². The van der Waals surface area contributed by atoms with Crippen LogP contribution >= 0.6 is 0 Å². The van der Waals surface area contributed by atoms with E-state index in [2.05, 4.69) is 0 Å². The molecule has 9 rings (SSSR count). The van der Waals surface area contributed by atoms with Gasteiger partial charge in [0.05, 0.1) is 51.2 Å². The second kappa shape index (κ2) is 30.2. The maximum Gasteiger partial charge on any atom is 0.269 e. The molecule has 510 valence electrons. The van der Waals surface area contributed by atoms with Crippen LogP contribution in [0.5, 0.6) is 5.75 Å². The van der Waals surface area contributed by atoms with E-state index in [-0.39, 0.29) is 18.0 Å². The van der Waals surface area contributed by atoms with Gasteiger partial charge in [-0.3, -0.25) is 10.1 Å². The number of hydrogen-bond acceptors (Lipinski definition) is 38. The number of aliphatic hydroxyl groups is 20. The molecule has 8 saturated heterocycles. The van der Waals surface area contributed by atoms with Gasteiger partial charge in [-0.1, -0.05) is 0 Å². The van der Waals surface area contributed by atoms with Gasteiger partial charge in [0.2, 0.25) is 6.29 Å². The van der Waals surface area contributed by atoms with Gasteiger partial charge in [0.1, 0.15) is 177 Å². The molecule has 8 aliphatic rings. The zero-order valence-corrected chi connectivity index (χ0v) is 46.8. The lowest BCUT2D eigenvalue weighted by atomic mass is 9.95. The highest BCUT2D eigenvalue weighted by molar-refractivity contribution is 5.36. The van der Waals surface area contributed by atoms with Gasteiger partial charge >= 0.3 is 0 Å². The summed E-state index contributed by atoms with van der Waals surface area (Å²) in [6.07, 6.45) is -66.0. The van der Waals surface area contributed by atoms with Crippen molar-refractivity contribution in [3.05, 3.63) is 34.4 Å². The number of nitro benzene ring substituents is 1. The highest BCUT2D eigenvalue weighted by atomic mass is 16.8. The van der Waals surface area contributed by atoms with E-state index in [1.807, 2.05) is 0 Å². The van der Waals surface area contributed by atoms with Crippen LogP contribution in [0.4, 0.5) is 5.69 Å². The molecule has 20 N–H and O–H groups in total. The van der Waals surface area contributed by atoms with Crippen LogP contribution in [0.15, 0.2) is 24.3 Å². The Hall–Kier alpha value is -2.98. The molecule has 0 spiro atoms. The van der Waals surface area contributed by atoms with Crippen molar-refractivity contribution >= 4 is 5.69 Å². The van der Waals surface area contributed by atoms with Crippen molar-refractivity contribution in [2.24, 2.45) is 0 Å². The monoisotopic (exact) mass is 1300 g/mol. The molecule has 15 unspecified atom stereocenters. The molecular weight excluding hydrogens is 1220 g/mol. The van der Waals surface area contributed by atoms with Crippen molar-refractivity contribution < 1.29 is 183 Å². The van der Waals surface area contributed by atoms with Gasteiger partial charge in [-0.05, 0) is 19.1 Å². The summed E-state index contributed by atoms with van der Waals surface area (Å²) in [6, 6.07) is 4.54. The van der Waals surface area contributed by atoms with Gasteiger partial charge in [0.15, 0.2) is 44.0 Å². The van der Waals surface area contributed by atoms with E-state index in [1.165, 1.54) is 12.1 Å². The highest BCUT2D eigenvalue weighted by Gasteiger charge is 2.59. The van der Waals surface area contributed by atoms with Crippen molar-refractivity contribution in [3.63, 3.8) is 0 Å². The van der Waals surface area contributed by atoms with Crippen LogP contribution in [0.25, 0.3) is 0 Å². The van der Waals surface area contributed by atoms with E-state index in [1.54, 1.807) is 6.92 Å². The van der Waals surface area contributed by atoms with E-state index in [0.29, 0.717) is 0 Å². The van der Waals surface area contributed by atoms with Crippen LogP contribution in [-0.2, 0) is 71.1 Å². The Labute approximate surface area is 502 Å². The summed E-state index contributed by atoms with van der Waals surface area (Å²) < 4.78 is 90.4. The zero-order valence-electron chi connectivity index (χ0n) is 46.8. The third kappa shape index (κ3) is 14.6. The van der Waals surface area contributed by atoms with Crippen LogP contribution in [0.2, 0.25) is 0 Å². The predicted molar refractivity (Wildman–Crippen MR) is 270 cm³/mol. The standard InChI is InChI=1S/C50H77NO38/c1-13-74-12-22-43(75-13)29(64)36(71)50(83-22)89-42-21(11-57)82-49(35(70)28(42)63)88-41-20(10-56)81-48(34(69)27(41)62)87-40-19(9-55)80-47(33(68)26(40)61)86-39-18(8-54)79-46(32(67)25(39)60)85-38-17(7-53)78-45(31(66)24(38)59)84-37-16(6-52)77-44(30(65)23(37)58)76-15-4-2-14(3-5-15)51(72)73/h2-5,13,16-50,52-71H,6-12H2,1H3/t13?,16?,17?,18?,19?,20?,21?,22?,23-,24-,25-,26-,27-,28-,29-,30?,31?,32?,33?,34?,35?,36?,37-,38-,39-,40-,41-,42-,43-,44+,45-,46-,47-,48-,49-,50-/m1/s1. The number of fused-ring (bicyclic) bond motifs is 1. The number of non-ortho nitro benzene ring substituents is 1.